The molecule has 8 heteroatoms. The van der Waals surface area contributed by atoms with E-state index in [-0.39, 0.29) is 5.69 Å². The van der Waals surface area contributed by atoms with Crippen LogP contribution in [0.1, 0.15) is 32.9 Å². The Hall–Kier alpha value is -3.31. The number of amides is 1. The van der Waals surface area contributed by atoms with Crippen LogP contribution in [0.15, 0.2) is 28.8 Å². The summed E-state index contributed by atoms with van der Waals surface area (Å²) < 4.78 is 15.8. The van der Waals surface area contributed by atoms with Crippen LogP contribution in [0.25, 0.3) is 11.3 Å². The normalized spacial score (nSPS) is 12.3. The first kappa shape index (κ1) is 18.1. The molecule has 2 heterocycles. The summed E-state index contributed by atoms with van der Waals surface area (Å²) in [5.41, 5.74) is 2.47. The molecule has 0 radical (unpaired) electrons. The minimum absolute atomic E-state index is 0.141. The number of ether oxygens (including phenoxy) is 2. The van der Waals surface area contributed by atoms with Gasteiger partial charge in [-0.05, 0) is 43.0 Å². The van der Waals surface area contributed by atoms with Gasteiger partial charge in [-0.1, -0.05) is 5.16 Å². The van der Waals surface area contributed by atoms with Gasteiger partial charge in [0.1, 0.15) is 11.1 Å². The molecule has 1 aliphatic rings. The maximum Gasteiger partial charge on any atom is 0.278 e. The summed E-state index contributed by atoms with van der Waals surface area (Å²) >= 11 is 1.47. The third-order valence-electron chi connectivity index (χ3n) is 4.67. The quantitative estimate of drug-likeness (QED) is 0.700. The molecule has 0 saturated carbocycles. The van der Waals surface area contributed by atoms with Crippen molar-refractivity contribution in [1.29, 1.82) is 5.26 Å². The number of hydrogen-bond acceptors (Lipinski definition) is 7. The van der Waals surface area contributed by atoms with Crippen molar-refractivity contribution < 1.29 is 18.8 Å². The van der Waals surface area contributed by atoms with Gasteiger partial charge in [0.25, 0.3) is 5.91 Å². The topological polar surface area (TPSA) is 97.4 Å². The van der Waals surface area contributed by atoms with Gasteiger partial charge >= 0.3 is 0 Å². The third kappa shape index (κ3) is 3.10. The van der Waals surface area contributed by atoms with Crippen LogP contribution in [0.5, 0.6) is 11.5 Å². The molecule has 142 valence electrons. The van der Waals surface area contributed by atoms with Crippen LogP contribution in [-0.2, 0) is 12.8 Å². The molecule has 4 rings (SSSR count). The maximum atomic E-state index is 12.6. The number of nitrogens with zero attached hydrogens (tertiary/aromatic N) is 2. The molecular weight excluding hydrogens is 378 g/mol. The van der Waals surface area contributed by atoms with E-state index in [0.717, 1.165) is 24.8 Å². The first-order valence-corrected chi connectivity index (χ1v) is 9.51. The van der Waals surface area contributed by atoms with Crippen molar-refractivity contribution in [2.45, 2.75) is 19.3 Å². The molecule has 0 fully saturated rings. The SMILES string of the molecule is COc1ccc(-c2cc(C(=O)Nc3sc4c(c3C#N)CCC4)no2)cc1OC. The predicted octanol–water partition coefficient (Wildman–Crippen LogP) is 4.03. The summed E-state index contributed by atoms with van der Waals surface area (Å²) in [5, 5.41) is 16.7. The Labute approximate surface area is 165 Å². The lowest BCUT2D eigenvalue weighted by Gasteiger charge is -2.07. The number of aryl methyl sites for hydroxylation is 1. The lowest BCUT2D eigenvalue weighted by molar-refractivity contribution is 0.101. The maximum absolute atomic E-state index is 12.6. The van der Waals surface area contributed by atoms with Crippen molar-refractivity contribution >= 4 is 22.2 Å². The van der Waals surface area contributed by atoms with Crippen molar-refractivity contribution in [3.05, 3.63) is 46.0 Å². The van der Waals surface area contributed by atoms with Gasteiger partial charge in [0.05, 0.1) is 19.8 Å². The van der Waals surface area contributed by atoms with E-state index in [0.29, 0.717) is 33.4 Å². The van der Waals surface area contributed by atoms with E-state index < -0.39 is 5.91 Å². The minimum atomic E-state index is -0.410. The Kier molecular flexibility index (Phi) is 4.75. The molecule has 1 N–H and O–H groups in total. The predicted molar refractivity (Wildman–Crippen MR) is 104 cm³/mol. The number of rotatable bonds is 5. The van der Waals surface area contributed by atoms with Crippen molar-refractivity contribution in [3.63, 3.8) is 0 Å². The number of benzene rings is 1. The van der Waals surface area contributed by atoms with E-state index in [2.05, 4.69) is 16.5 Å². The number of carbonyl (C=O) groups is 1. The third-order valence-corrected chi connectivity index (χ3v) is 5.88. The van der Waals surface area contributed by atoms with E-state index in [1.807, 2.05) is 0 Å². The molecule has 0 atom stereocenters. The monoisotopic (exact) mass is 395 g/mol. The Morgan fingerprint density at radius 3 is 2.82 bits per heavy atom. The van der Waals surface area contributed by atoms with E-state index >= 15 is 0 Å². The summed E-state index contributed by atoms with van der Waals surface area (Å²) in [7, 11) is 3.11. The van der Waals surface area contributed by atoms with Gasteiger partial charge in [0, 0.05) is 16.5 Å². The van der Waals surface area contributed by atoms with Crippen LogP contribution in [-0.4, -0.2) is 25.3 Å². The fraction of sp³-hybridized carbons (Fsp3) is 0.250. The highest BCUT2D eigenvalue weighted by Crippen LogP contribution is 2.39. The Balaban J connectivity index is 1.57. The minimum Gasteiger partial charge on any atom is -0.493 e. The molecular formula is C20H17N3O4S. The first-order chi connectivity index (χ1) is 13.6. The zero-order chi connectivity index (χ0) is 19.7. The van der Waals surface area contributed by atoms with Crippen molar-refractivity contribution in [2.24, 2.45) is 0 Å². The highest BCUT2D eigenvalue weighted by atomic mass is 32.1. The zero-order valence-corrected chi connectivity index (χ0v) is 16.2. The second-order valence-corrected chi connectivity index (χ2v) is 7.38. The van der Waals surface area contributed by atoms with Crippen LogP contribution in [0.3, 0.4) is 0 Å². The highest BCUT2D eigenvalue weighted by molar-refractivity contribution is 7.16. The molecule has 1 aromatic carbocycles. The molecule has 0 bridgehead atoms. The number of thiophene rings is 1. The molecule has 7 nitrogen and oxygen atoms in total. The summed E-state index contributed by atoms with van der Waals surface area (Å²) in [6, 6.07) is 9.07. The highest BCUT2D eigenvalue weighted by Gasteiger charge is 2.24. The van der Waals surface area contributed by atoms with Crippen molar-refractivity contribution in [3.8, 4) is 28.9 Å². The molecule has 0 unspecified atom stereocenters. The summed E-state index contributed by atoms with van der Waals surface area (Å²) in [6.07, 6.45) is 2.90. The van der Waals surface area contributed by atoms with Crippen LogP contribution in [0.2, 0.25) is 0 Å². The van der Waals surface area contributed by atoms with Gasteiger partial charge in [-0.25, -0.2) is 0 Å². The summed E-state index contributed by atoms with van der Waals surface area (Å²) in [4.78, 5) is 13.8. The van der Waals surface area contributed by atoms with E-state index in [1.54, 1.807) is 38.5 Å². The molecule has 0 spiro atoms. The summed E-state index contributed by atoms with van der Waals surface area (Å²) in [6.45, 7) is 0. The lowest BCUT2D eigenvalue weighted by Crippen LogP contribution is -2.12. The molecule has 0 aliphatic heterocycles. The van der Waals surface area contributed by atoms with Crippen LogP contribution in [0.4, 0.5) is 5.00 Å². The van der Waals surface area contributed by atoms with E-state index in [1.165, 1.54) is 16.2 Å². The Morgan fingerprint density at radius 2 is 2.07 bits per heavy atom. The van der Waals surface area contributed by atoms with Gasteiger partial charge in [-0.3, -0.25) is 4.79 Å². The number of nitriles is 1. The van der Waals surface area contributed by atoms with Gasteiger partial charge in [0.2, 0.25) is 0 Å². The first-order valence-electron chi connectivity index (χ1n) is 8.69. The number of aromatic nitrogens is 1. The van der Waals surface area contributed by atoms with Crippen LogP contribution >= 0.6 is 11.3 Å². The molecule has 1 amide bonds. The van der Waals surface area contributed by atoms with Crippen molar-refractivity contribution in [2.75, 3.05) is 19.5 Å². The zero-order valence-electron chi connectivity index (χ0n) is 15.4. The standard InChI is InChI=1S/C20H17N3O4S/c1-25-15-7-6-11(8-17(15)26-2)16-9-14(23-27-16)19(24)22-20-13(10-21)12-4-3-5-18(12)28-20/h6-9H,3-5H2,1-2H3,(H,22,24). The molecule has 0 saturated heterocycles. The van der Waals surface area contributed by atoms with Gasteiger partial charge in [-0.2, -0.15) is 5.26 Å². The Morgan fingerprint density at radius 1 is 1.25 bits per heavy atom. The average Bonchev–Trinajstić information content (AvgIpc) is 3.43. The van der Waals surface area contributed by atoms with Crippen molar-refractivity contribution in [1.82, 2.24) is 5.16 Å². The number of hydrogen-bond donors (Lipinski definition) is 1. The van der Waals surface area contributed by atoms with Crippen LogP contribution < -0.4 is 14.8 Å². The fourth-order valence-corrected chi connectivity index (χ4v) is 4.52. The van der Waals surface area contributed by atoms with Gasteiger partial charge < -0.3 is 19.3 Å². The molecule has 2 aromatic heterocycles. The summed E-state index contributed by atoms with van der Waals surface area (Å²) in [5.74, 6) is 1.17. The average molecular weight is 395 g/mol. The van der Waals surface area contributed by atoms with E-state index in [9.17, 15) is 10.1 Å². The largest absolute Gasteiger partial charge is 0.493 e. The van der Waals surface area contributed by atoms with Crippen LogP contribution in [0, 0.1) is 11.3 Å². The molecule has 3 aromatic rings. The number of carbonyl (C=O) groups excluding carboxylic acids is 1. The smallest absolute Gasteiger partial charge is 0.278 e. The van der Waals surface area contributed by atoms with Gasteiger partial charge in [-0.15, -0.1) is 11.3 Å². The lowest BCUT2D eigenvalue weighted by atomic mass is 10.1. The number of methoxy groups -OCH3 is 2. The number of nitrogens with one attached hydrogen (secondary N) is 1. The fourth-order valence-electron chi connectivity index (χ4n) is 3.29. The second-order valence-electron chi connectivity index (χ2n) is 6.27. The molecule has 1 aliphatic carbocycles. The molecule has 28 heavy (non-hydrogen) atoms. The second kappa shape index (κ2) is 7.37. The number of anilines is 1. The Bertz CT molecular complexity index is 1090. The number of fused-ring (bicyclic) bond motifs is 1. The van der Waals surface area contributed by atoms with Gasteiger partial charge in [0.15, 0.2) is 23.0 Å². The van der Waals surface area contributed by atoms with E-state index in [4.69, 9.17) is 14.0 Å².